The first-order chi connectivity index (χ1) is 12.9. The standard InChI is InChI=1S/C14H11.C10H11NSi.Zr/c1-10-8-12-7-6-11-4-2-3-5-13(11)14(12)9-10;1-6-9-7-4-11-5-8(7)10(6)12(9,2)3;/h2-9H,1H3;4-5H,1-3H3;. The molecule has 131 valence electrons. The SMILES string of the molecule is CC1=C2C3=CN=CC3=C1[Si]2(C)C.CC1=Cc2c(ccc3ccccc23)[CH]1[Zr]. The Balaban J connectivity index is 0.000000121. The van der Waals surface area contributed by atoms with Gasteiger partial charge in [-0.2, -0.15) is 0 Å². The van der Waals surface area contributed by atoms with E-state index in [1.165, 1.54) is 38.6 Å². The van der Waals surface area contributed by atoms with Gasteiger partial charge in [-0.15, -0.1) is 0 Å². The molecule has 2 aromatic rings. The molecule has 3 heteroatoms. The molecule has 0 fully saturated rings. The number of hydrogen-bond donors (Lipinski definition) is 0. The van der Waals surface area contributed by atoms with E-state index in [4.69, 9.17) is 0 Å². The third-order valence-corrected chi connectivity index (χ3v) is 12.1. The molecule has 3 aliphatic heterocycles. The molecule has 0 amide bonds. The van der Waals surface area contributed by atoms with Gasteiger partial charge in [0.2, 0.25) is 0 Å². The Hall–Kier alpha value is -1.57. The molecule has 2 aromatic carbocycles. The summed E-state index contributed by atoms with van der Waals surface area (Å²) in [6.45, 7) is 9.37. The molecule has 0 spiro atoms. The van der Waals surface area contributed by atoms with E-state index < -0.39 is 8.07 Å². The predicted molar refractivity (Wildman–Crippen MR) is 114 cm³/mol. The maximum absolute atomic E-state index is 4.19. The van der Waals surface area contributed by atoms with E-state index in [9.17, 15) is 0 Å². The van der Waals surface area contributed by atoms with Gasteiger partial charge in [0.15, 0.2) is 0 Å². The number of aliphatic imine (C=N–C) groups is 1. The van der Waals surface area contributed by atoms with Crippen LogP contribution in [0.3, 0.4) is 0 Å². The number of nitrogens with zero attached hydrogens (tertiary/aromatic N) is 1. The summed E-state index contributed by atoms with van der Waals surface area (Å²) < 4.78 is 0.678. The van der Waals surface area contributed by atoms with E-state index in [0.29, 0.717) is 3.63 Å². The molecular weight excluding hydrogens is 422 g/mol. The van der Waals surface area contributed by atoms with E-state index in [0.717, 1.165) is 0 Å². The molecule has 0 N–H and O–H groups in total. The molecule has 0 saturated carbocycles. The van der Waals surface area contributed by atoms with Crippen LogP contribution in [0.15, 0.2) is 80.3 Å². The average molecular weight is 444 g/mol. The molecule has 0 aromatic heterocycles. The van der Waals surface area contributed by atoms with Crippen molar-refractivity contribution in [1.29, 1.82) is 0 Å². The second kappa shape index (κ2) is 5.96. The minimum atomic E-state index is -1.11. The molecular formula is C24H22NSiZr. The topological polar surface area (TPSA) is 12.4 Å². The van der Waals surface area contributed by atoms with Crippen molar-refractivity contribution in [3.63, 3.8) is 0 Å². The van der Waals surface area contributed by atoms with Gasteiger partial charge in [0.25, 0.3) is 0 Å². The van der Waals surface area contributed by atoms with E-state index >= 15 is 0 Å². The van der Waals surface area contributed by atoms with Gasteiger partial charge in [0.05, 0.1) is 0 Å². The van der Waals surface area contributed by atoms with Crippen LogP contribution < -0.4 is 0 Å². The molecule has 5 aliphatic rings. The number of benzene rings is 2. The van der Waals surface area contributed by atoms with Gasteiger partial charge in [-0.05, 0) is 17.3 Å². The van der Waals surface area contributed by atoms with Crippen molar-refractivity contribution in [2.45, 2.75) is 30.6 Å². The molecule has 0 saturated heterocycles. The Bertz CT molecular complexity index is 1170. The molecule has 27 heavy (non-hydrogen) atoms. The summed E-state index contributed by atoms with van der Waals surface area (Å²) in [5, 5.41) is 6.07. The minimum absolute atomic E-state index is 0.678. The van der Waals surface area contributed by atoms with Gasteiger partial charge in [-0.25, -0.2) is 0 Å². The Morgan fingerprint density at radius 1 is 1.00 bits per heavy atom. The van der Waals surface area contributed by atoms with E-state index in [2.05, 4.69) is 74.4 Å². The second-order valence-electron chi connectivity index (χ2n) is 8.35. The zero-order valence-electron chi connectivity index (χ0n) is 16.2. The molecule has 7 rings (SSSR count). The van der Waals surface area contributed by atoms with Crippen molar-refractivity contribution in [2.75, 3.05) is 0 Å². The van der Waals surface area contributed by atoms with Crippen LogP contribution in [0.25, 0.3) is 16.8 Å². The summed E-state index contributed by atoms with van der Waals surface area (Å²) in [4.78, 5) is 4.19. The first-order valence-corrected chi connectivity index (χ1v) is 13.9. The summed E-state index contributed by atoms with van der Waals surface area (Å²) in [6.07, 6.45) is 6.42. The molecule has 0 radical (unpaired) electrons. The van der Waals surface area contributed by atoms with Crippen LogP contribution >= 0.6 is 0 Å². The van der Waals surface area contributed by atoms with E-state index in [1.54, 1.807) is 40.7 Å². The first kappa shape index (κ1) is 17.5. The summed E-state index contributed by atoms with van der Waals surface area (Å²) in [5.41, 5.74) is 8.92. The predicted octanol–water partition coefficient (Wildman–Crippen LogP) is 6.23. The summed E-state index contributed by atoms with van der Waals surface area (Å²) in [7, 11) is -1.11. The Labute approximate surface area is 177 Å². The number of hydrogen-bond acceptors (Lipinski definition) is 1. The van der Waals surface area contributed by atoms with Crippen LogP contribution in [0.2, 0.25) is 13.1 Å². The van der Waals surface area contributed by atoms with Crippen LogP contribution in [-0.4, -0.2) is 14.3 Å². The van der Waals surface area contributed by atoms with Gasteiger partial charge in [-0.1, -0.05) is 18.7 Å². The fourth-order valence-electron chi connectivity index (χ4n) is 5.21. The summed E-state index contributed by atoms with van der Waals surface area (Å²) in [6, 6.07) is 13.2. The number of fused-ring (bicyclic) bond motifs is 3. The second-order valence-corrected chi connectivity index (χ2v) is 14.0. The molecule has 1 atom stereocenters. The first-order valence-electron chi connectivity index (χ1n) is 9.53. The van der Waals surface area contributed by atoms with Crippen LogP contribution in [0.5, 0.6) is 0 Å². The van der Waals surface area contributed by atoms with Crippen molar-refractivity contribution in [3.05, 3.63) is 86.4 Å². The van der Waals surface area contributed by atoms with Crippen molar-refractivity contribution >= 4 is 31.1 Å². The van der Waals surface area contributed by atoms with Crippen molar-refractivity contribution in [2.24, 2.45) is 4.99 Å². The Morgan fingerprint density at radius 2 is 1.78 bits per heavy atom. The zero-order valence-corrected chi connectivity index (χ0v) is 19.7. The van der Waals surface area contributed by atoms with E-state index in [-0.39, 0.29) is 0 Å². The van der Waals surface area contributed by atoms with Crippen molar-refractivity contribution < 1.29 is 24.7 Å². The van der Waals surface area contributed by atoms with Crippen LogP contribution in [0.4, 0.5) is 0 Å². The fourth-order valence-corrected chi connectivity index (χ4v) is 9.96. The van der Waals surface area contributed by atoms with Crippen LogP contribution in [0.1, 0.15) is 28.6 Å². The number of rotatable bonds is 0. The maximum atomic E-state index is 4.19. The Morgan fingerprint density at radius 3 is 2.52 bits per heavy atom. The molecule has 1 unspecified atom stereocenters. The summed E-state index contributed by atoms with van der Waals surface area (Å²) in [5.74, 6) is 0. The van der Waals surface area contributed by atoms with Crippen molar-refractivity contribution in [3.8, 4) is 0 Å². The van der Waals surface area contributed by atoms with Gasteiger partial charge < -0.3 is 0 Å². The monoisotopic (exact) mass is 442 g/mol. The van der Waals surface area contributed by atoms with Crippen LogP contribution in [-0.2, 0) is 24.7 Å². The zero-order chi connectivity index (χ0) is 18.9. The molecule has 1 nitrogen and oxygen atoms in total. The third-order valence-electron chi connectivity index (χ3n) is 6.38. The van der Waals surface area contributed by atoms with Gasteiger partial charge in [-0.3, -0.25) is 4.99 Å². The summed E-state index contributed by atoms with van der Waals surface area (Å²) >= 11 is 1.60. The van der Waals surface area contributed by atoms with E-state index in [1.807, 2.05) is 12.4 Å². The third kappa shape index (κ3) is 2.34. The average Bonchev–Trinajstić information content (AvgIpc) is 3.33. The fraction of sp³-hybridized carbons (Fsp3) is 0.208. The Kier molecular flexibility index (Phi) is 3.87. The van der Waals surface area contributed by atoms with Gasteiger partial charge in [0.1, 0.15) is 8.07 Å². The van der Waals surface area contributed by atoms with Crippen molar-refractivity contribution in [1.82, 2.24) is 0 Å². The molecule has 3 heterocycles. The van der Waals surface area contributed by atoms with Crippen LogP contribution in [0, 0.1) is 0 Å². The quantitative estimate of drug-likeness (QED) is 0.428. The normalized spacial score (nSPS) is 22.9. The van der Waals surface area contributed by atoms with Gasteiger partial charge >= 0.3 is 105 Å². The molecule has 2 bridgehead atoms. The molecule has 2 aliphatic carbocycles. The number of allylic oxidation sites excluding steroid dienone is 6. The van der Waals surface area contributed by atoms with Gasteiger partial charge in [0, 0.05) is 23.6 Å².